The summed E-state index contributed by atoms with van der Waals surface area (Å²) in [7, 11) is 2.87. The van der Waals surface area contributed by atoms with Crippen LogP contribution in [0.25, 0.3) is 0 Å². The standard InChI is InChI=1S/C17H18N4O3S/c1-12(22)13-6-8-14(9-7-13)19-20-16(17(23)24-3)21(2)18-11-15-5-4-10-25-15/h4-11,19H,1-3H3/b18-11+,20-16-. The van der Waals surface area contributed by atoms with Crippen LogP contribution in [0.4, 0.5) is 5.69 Å². The number of amidine groups is 1. The number of hydrazone groups is 2. The molecule has 1 aromatic carbocycles. The first-order valence-electron chi connectivity index (χ1n) is 7.35. The van der Waals surface area contributed by atoms with Crippen LogP contribution in [0, 0.1) is 0 Å². The Hall–Kier alpha value is -3.00. The van der Waals surface area contributed by atoms with Crippen molar-refractivity contribution in [2.75, 3.05) is 19.6 Å². The van der Waals surface area contributed by atoms with Gasteiger partial charge in [-0.05, 0) is 42.6 Å². The second kappa shape index (κ2) is 8.74. The zero-order valence-corrected chi connectivity index (χ0v) is 14.9. The van der Waals surface area contributed by atoms with Crippen molar-refractivity contribution in [2.24, 2.45) is 10.2 Å². The number of thiophene rings is 1. The van der Waals surface area contributed by atoms with E-state index in [1.165, 1.54) is 30.4 Å². The second-order valence-electron chi connectivity index (χ2n) is 4.96. The SMILES string of the molecule is COC(=O)/C(=N/Nc1ccc(C(C)=O)cc1)N(C)/N=C/c1cccs1. The number of hydrogen-bond acceptors (Lipinski definition) is 7. The molecule has 8 heteroatoms. The highest BCUT2D eigenvalue weighted by Gasteiger charge is 2.17. The van der Waals surface area contributed by atoms with Gasteiger partial charge in [0.25, 0.3) is 5.84 Å². The molecule has 25 heavy (non-hydrogen) atoms. The summed E-state index contributed by atoms with van der Waals surface area (Å²) in [4.78, 5) is 24.2. The predicted molar refractivity (Wildman–Crippen MR) is 99.2 cm³/mol. The van der Waals surface area contributed by atoms with Crippen molar-refractivity contribution >= 4 is 40.8 Å². The summed E-state index contributed by atoms with van der Waals surface area (Å²) >= 11 is 1.53. The monoisotopic (exact) mass is 358 g/mol. The minimum Gasteiger partial charge on any atom is -0.463 e. The van der Waals surface area contributed by atoms with Gasteiger partial charge in [0.1, 0.15) is 0 Å². The van der Waals surface area contributed by atoms with Crippen LogP contribution >= 0.6 is 11.3 Å². The average Bonchev–Trinajstić information content (AvgIpc) is 3.13. The molecule has 0 radical (unpaired) electrons. The number of likely N-dealkylation sites (N-methyl/N-ethyl adjacent to an activating group) is 1. The maximum absolute atomic E-state index is 11.9. The number of esters is 1. The first-order valence-corrected chi connectivity index (χ1v) is 8.23. The summed E-state index contributed by atoms with van der Waals surface area (Å²) < 4.78 is 4.74. The Morgan fingerprint density at radius 3 is 2.52 bits per heavy atom. The molecule has 0 bridgehead atoms. The highest BCUT2D eigenvalue weighted by Crippen LogP contribution is 2.10. The topological polar surface area (TPSA) is 83.4 Å². The van der Waals surface area contributed by atoms with Gasteiger partial charge in [0.15, 0.2) is 5.78 Å². The molecule has 0 spiro atoms. The number of rotatable bonds is 5. The van der Waals surface area contributed by atoms with Crippen LogP contribution in [0.2, 0.25) is 0 Å². The molecule has 2 aromatic rings. The van der Waals surface area contributed by atoms with Gasteiger partial charge in [-0.15, -0.1) is 16.4 Å². The van der Waals surface area contributed by atoms with E-state index in [-0.39, 0.29) is 11.6 Å². The van der Waals surface area contributed by atoms with Gasteiger partial charge < -0.3 is 4.74 Å². The predicted octanol–water partition coefficient (Wildman–Crippen LogP) is 2.82. The summed E-state index contributed by atoms with van der Waals surface area (Å²) in [5.41, 5.74) is 3.99. The van der Waals surface area contributed by atoms with Crippen molar-refractivity contribution in [2.45, 2.75) is 6.92 Å². The molecule has 0 atom stereocenters. The zero-order chi connectivity index (χ0) is 18.2. The summed E-state index contributed by atoms with van der Waals surface area (Å²) in [6.07, 6.45) is 1.63. The molecule has 7 nitrogen and oxygen atoms in total. The molecule has 0 aliphatic rings. The molecule has 0 saturated heterocycles. The van der Waals surface area contributed by atoms with E-state index in [9.17, 15) is 9.59 Å². The molecule has 0 aliphatic carbocycles. The quantitative estimate of drug-likeness (QED) is 0.292. The van der Waals surface area contributed by atoms with Crippen LogP contribution in [-0.4, -0.2) is 43.0 Å². The number of nitrogens with one attached hydrogen (secondary N) is 1. The normalized spacial score (nSPS) is 11.4. The molecule has 0 saturated carbocycles. The van der Waals surface area contributed by atoms with Gasteiger partial charge in [0, 0.05) is 17.5 Å². The third-order valence-electron chi connectivity index (χ3n) is 3.16. The Morgan fingerprint density at radius 1 is 1.24 bits per heavy atom. The molecule has 0 unspecified atom stereocenters. The molecular formula is C17H18N4O3S. The third kappa shape index (κ3) is 5.25. The lowest BCUT2D eigenvalue weighted by atomic mass is 10.1. The molecule has 2 rings (SSSR count). The minimum absolute atomic E-state index is 0.00838. The third-order valence-corrected chi connectivity index (χ3v) is 3.97. The van der Waals surface area contributed by atoms with Gasteiger partial charge in [-0.3, -0.25) is 10.2 Å². The summed E-state index contributed by atoms with van der Waals surface area (Å²) in [5.74, 6) is -0.655. The summed E-state index contributed by atoms with van der Waals surface area (Å²) in [6, 6.07) is 10.6. The lowest BCUT2D eigenvalue weighted by Crippen LogP contribution is -2.31. The van der Waals surface area contributed by atoms with Gasteiger partial charge in [-0.1, -0.05) is 6.07 Å². The van der Waals surface area contributed by atoms with Crippen LogP contribution in [0.15, 0.2) is 52.0 Å². The van der Waals surface area contributed by atoms with E-state index in [0.717, 1.165) is 4.88 Å². The number of benzene rings is 1. The summed E-state index contributed by atoms with van der Waals surface area (Å²) in [6.45, 7) is 1.50. The van der Waals surface area contributed by atoms with Crippen molar-refractivity contribution in [3.63, 3.8) is 0 Å². The maximum atomic E-state index is 11.9. The van der Waals surface area contributed by atoms with Crippen molar-refractivity contribution in [3.05, 3.63) is 52.2 Å². The highest BCUT2D eigenvalue weighted by atomic mass is 32.1. The van der Waals surface area contributed by atoms with Gasteiger partial charge >= 0.3 is 5.97 Å². The van der Waals surface area contributed by atoms with Gasteiger partial charge in [0.05, 0.1) is 19.0 Å². The van der Waals surface area contributed by atoms with Crippen LogP contribution < -0.4 is 5.43 Å². The molecule has 0 fully saturated rings. The van der Waals surface area contributed by atoms with Crippen LogP contribution in [0.1, 0.15) is 22.2 Å². The number of ether oxygens (including phenoxy) is 1. The fourth-order valence-corrected chi connectivity index (χ4v) is 2.38. The Morgan fingerprint density at radius 2 is 1.96 bits per heavy atom. The fraction of sp³-hybridized carbons (Fsp3) is 0.176. The number of carbonyl (C=O) groups excluding carboxylic acids is 2. The van der Waals surface area contributed by atoms with E-state index >= 15 is 0 Å². The fourth-order valence-electron chi connectivity index (χ4n) is 1.80. The van der Waals surface area contributed by atoms with Crippen molar-refractivity contribution in [1.82, 2.24) is 5.01 Å². The number of nitrogens with zero attached hydrogens (tertiary/aromatic N) is 3. The Bertz CT molecular complexity index is 783. The number of carbonyl (C=O) groups is 2. The first kappa shape index (κ1) is 18.3. The number of ketones is 1. The zero-order valence-electron chi connectivity index (χ0n) is 14.1. The Labute approximate surface area is 149 Å². The van der Waals surface area contributed by atoms with Crippen LogP contribution in [0.3, 0.4) is 0 Å². The minimum atomic E-state index is -0.626. The number of anilines is 1. The smallest absolute Gasteiger partial charge is 0.377 e. The van der Waals surface area contributed by atoms with E-state index < -0.39 is 5.97 Å². The largest absolute Gasteiger partial charge is 0.463 e. The molecule has 1 heterocycles. The van der Waals surface area contributed by atoms with Crippen LogP contribution in [-0.2, 0) is 9.53 Å². The second-order valence-corrected chi connectivity index (χ2v) is 5.94. The lowest BCUT2D eigenvalue weighted by Gasteiger charge is -2.13. The number of hydrogen-bond donors (Lipinski definition) is 1. The van der Waals surface area contributed by atoms with Gasteiger partial charge in [0.2, 0.25) is 0 Å². The maximum Gasteiger partial charge on any atom is 0.377 e. The highest BCUT2D eigenvalue weighted by molar-refractivity contribution is 7.11. The molecule has 0 aliphatic heterocycles. The number of methoxy groups -OCH3 is 1. The Balaban J connectivity index is 2.14. The number of Topliss-reactive ketones (excluding diaryl/α,β-unsaturated/α-hetero) is 1. The van der Waals surface area contributed by atoms with Crippen LogP contribution in [0.5, 0.6) is 0 Å². The van der Waals surface area contributed by atoms with E-state index in [0.29, 0.717) is 11.3 Å². The van der Waals surface area contributed by atoms with E-state index in [1.54, 1.807) is 37.5 Å². The van der Waals surface area contributed by atoms with Crippen molar-refractivity contribution in [3.8, 4) is 0 Å². The van der Waals surface area contributed by atoms with E-state index in [1.807, 2.05) is 17.5 Å². The average molecular weight is 358 g/mol. The molecular weight excluding hydrogens is 340 g/mol. The van der Waals surface area contributed by atoms with E-state index in [4.69, 9.17) is 4.74 Å². The van der Waals surface area contributed by atoms with Gasteiger partial charge in [-0.25, -0.2) is 9.80 Å². The van der Waals surface area contributed by atoms with Crippen molar-refractivity contribution in [1.29, 1.82) is 0 Å². The molecule has 1 N–H and O–H groups in total. The molecule has 0 amide bonds. The summed E-state index contributed by atoms with van der Waals surface area (Å²) in [5, 5.41) is 11.5. The lowest BCUT2D eigenvalue weighted by molar-refractivity contribution is -0.133. The van der Waals surface area contributed by atoms with Crippen molar-refractivity contribution < 1.29 is 14.3 Å². The van der Waals surface area contributed by atoms with Gasteiger partial charge in [-0.2, -0.15) is 5.10 Å². The Kier molecular flexibility index (Phi) is 6.41. The first-order chi connectivity index (χ1) is 12.0. The molecule has 130 valence electrons. The molecule has 1 aromatic heterocycles. The van der Waals surface area contributed by atoms with E-state index in [2.05, 4.69) is 15.6 Å².